The lowest BCUT2D eigenvalue weighted by Crippen LogP contribution is -2.16. The molecule has 2 aromatic rings. The minimum atomic E-state index is -3.91. The smallest absolute Gasteiger partial charge is 0.239 e. The fourth-order valence-corrected chi connectivity index (χ4v) is 4.17. The SMILES string of the molecule is CCS(=O)c1ccc2ccccc2c1S(N)(=O)=O. The molecule has 6 heteroatoms. The van der Waals surface area contributed by atoms with Crippen LogP contribution in [0.15, 0.2) is 46.2 Å². The highest BCUT2D eigenvalue weighted by atomic mass is 32.2. The first-order valence-electron chi connectivity index (χ1n) is 5.38. The fraction of sp³-hybridized carbons (Fsp3) is 0.167. The van der Waals surface area contributed by atoms with Crippen molar-refractivity contribution in [2.45, 2.75) is 16.7 Å². The first-order valence-corrected chi connectivity index (χ1v) is 8.24. The van der Waals surface area contributed by atoms with E-state index in [0.29, 0.717) is 11.1 Å². The Morgan fingerprint density at radius 2 is 1.83 bits per heavy atom. The number of nitrogens with two attached hydrogens (primary N) is 1. The van der Waals surface area contributed by atoms with Crippen molar-refractivity contribution in [1.82, 2.24) is 0 Å². The van der Waals surface area contributed by atoms with Crippen LogP contribution >= 0.6 is 0 Å². The standard InChI is InChI=1S/C12H13NO3S2/c1-2-17(14)11-8-7-9-5-3-4-6-10(9)12(11)18(13,15)16/h3-8H,2H2,1H3,(H2,13,15,16). The minimum Gasteiger partial charge on any atom is -0.254 e. The Kier molecular flexibility index (Phi) is 3.52. The Morgan fingerprint density at radius 1 is 1.17 bits per heavy atom. The zero-order valence-electron chi connectivity index (χ0n) is 9.79. The second kappa shape index (κ2) is 4.79. The van der Waals surface area contributed by atoms with E-state index in [2.05, 4.69) is 0 Å². The van der Waals surface area contributed by atoms with Crippen molar-refractivity contribution in [2.24, 2.45) is 5.14 Å². The van der Waals surface area contributed by atoms with Crippen molar-refractivity contribution in [3.05, 3.63) is 36.4 Å². The van der Waals surface area contributed by atoms with Gasteiger partial charge in [-0.3, -0.25) is 4.21 Å². The maximum absolute atomic E-state index is 11.9. The third kappa shape index (κ3) is 2.31. The maximum atomic E-state index is 11.9. The summed E-state index contributed by atoms with van der Waals surface area (Å²) in [6.07, 6.45) is 0. The van der Waals surface area contributed by atoms with Crippen molar-refractivity contribution in [1.29, 1.82) is 0 Å². The molecule has 0 aliphatic rings. The van der Waals surface area contributed by atoms with Crippen LogP contribution in [0.2, 0.25) is 0 Å². The molecule has 96 valence electrons. The summed E-state index contributed by atoms with van der Waals surface area (Å²) < 4.78 is 35.4. The van der Waals surface area contributed by atoms with Gasteiger partial charge >= 0.3 is 0 Å². The highest BCUT2D eigenvalue weighted by Gasteiger charge is 2.20. The molecule has 2 N–H and O–H groups in total. The van der Waals surface area contributed by atoms with Gasteiger partial charge in [-0.25, -0.2) is 13.6 Å². The topological polar surface area (TPSA) is 77.2 Å². The Balaban J connectivity index is 2.93. The van der Waals surface area contributed by atoms with E-state index < -0.39 is 20.8 Å². The van der Waals surface area contributed by atoms with E-state index in [1.54, 1.807) is 37.3 Å². The number of sulfonamides is 1. The minimum absolute atomic E-state index is 0.0271. The number of rotatable bonds is 3. The summed E-state index contributed by atoms with van der Waals surface area (Å²) in [5.74, 6) is 0.348. The van der Waals surface area contributed by atoms with Gasteiger partial charge in [0.15, 0.2) is 0 Å². The van der Waals surface area contributed by atoms with Gasteiger partial charge in [0.2, 0.25) is 10.0 Å². The molecule has 0 heterocycles. The molecule has 0 radical (unpaired) electrons. The van der Waals surface area contributed by atoms with Crippen LogP contribution < -0.4 is 5.14 Å². The Hall–Kier alpha value is -1.24. The molecule has 2 aromatic carbocycles. The Labute approximate surface area is 108 Å². The predicted molar refractivity (Wildman–Crippen MR) is 72.3 cm³/mol. The molecule has 0 bridgehead atoms. The second-order valence-corrected chi connectivity index (χ2v) is 7.00. The summed E-state index contributed by atoms with van der Waals surface area (Å²) in [6, 6.07) is 10.3. The number of primary sulfonamides is 1. The molecule has 18 heavy (non-hydrogen) atoms. The summed E-state index contributed by atoms with van der Waals surface area (Å²) in [4.78, 5) is 0.250. The van der Waals surface area contributed by atoms with E-state index in [4.69, 9.17) is 5.14 Å². The summed E-state index contributed by atoms with van der Waals surface area (Å²) >= 11 is 0. The molecule has 0 saturated heterocycles. The normalized spacial score (nSPS) is 13.7. The summed E-state index contributed by atoms with van der Waals surface area (Å²) in [5.41, 5.74) is 0. The lowest BCUT2D eigenvalue weighted by molar-refractivity contribution is 0.596. The van der Waals surface area contributed by atoms with Gasteiger partial charge in [-0.2, -0.15) is 0 Å². The van der Waals surface area contributed by atoms with Crippen molar-refractivity contribution < 1.29 is 12.6 Å². The third-order valence-corrected chi connectivity index (χ3v) is 5.13. The monoisotopic (exact) mass is 283 g/mol. The Morgan fingerprint density at radius 3 is 2.44 bits per heavy atom. The highest BCUT2D eigenvalue weighted by Crippen LogP contribution is 2.28. The molecule has 0 aromatic heterocycles. The lowest BCUT2D eigenvalue weighted by atomic mass is 10.1. The first kappa shape index (κ1) is 13.2. The molecule has 0 aliphatic heterocycles. The molecule has 0 fully saturated rings. The van der Waals surface area contributed by atoms with Crippen molar-refractivity contribution >= 4 is 31.6 Å². The van der Waals surface area contributed by atoms with Gasteiger partial charge in [-0.05, 0) is 11.5 Å². The highest BCUT2D eigenvalue weighted by molar-refractivity contribution is 7.91. The van der Waals surface area contributed by atoms with Crippen LogP contribution in [0.3, 0.4) is 0 Å². The molecule has 0 aliphatic carbocycles. The van der Waals surface area contributed by atoms with Crippen molar-refractivity contribution in [2.75, 3.05) is 5.75 Å². The zero-order valence-corrected chi connectivity index (χ0v) is 11.4. The van der Waals surface area contributed by atoms with Gasteiger partial charge in [0, 0.05) is 11.1 Å². The van der Waals surface area contributed by atoms with Gasteiger partial charge in [0.05, 0.1) is 15.7 Å². The van der Waals surface area contributed by atoms with Gasteiger partial charge in [0.1, 0.15) is 4.90 Å². The molecule has 1 atom stereocenters. The van der Waals surface area contributed by atoms with Gasteiger partial charge in [-0.15, -0.1) is 0 Å². The van der Waals surface area contributed by atoms with Gasteiger partial charge in [-0.1, -0.05) is 37.3 Å². The van der Waals surface area contributed by atoms with E-state index in [-0.39, 0.29) is 9.79 Å². The summed E-state index contributed by atoms with van der Waals surface area (Å²) in [5, 5.41) is 6.53. The molecule has 0 saturated carbocycles. The fourth-order valence-electron chi connectivity index (χ4n) is 1.85. The largest absolute Gasteiger partial charge is 0.254 e. The van der Waals surface area contributed by atoms with E-state index in [1.165, 1.54) is 0 Å². The first-order chi connectivity index (χ1) is 8.45. The van der Waals surface area contributed by atoms with Crippen molar-refractivity contribution in [3.8, 4) is 0 Å². The Bertz CT molecular complexity index is 723. The van der Waals surface area contributed by atoms with Crippen LogP contribution in [0.4, 0.5) is 0 Å². The summed E-state index contributed by atoms with van der Waals surface area (Å²) in [7, 11) is -5.27. The van der Waals surface area contributed by atoms with Crippen LogP contribution in [0.5, 0.6) is 0 Å². The molecule has 4 nitrogen and oxygen atoms in total. The zero-order chi connectivity index (χ0) is 13.3. The molecule has 2 rings (SSSR count). The average Bonchev–Trinajstić information content (AvgIpc) is 2.35. The van der Waals surface area contributed by atoms with Crippen LogP contribution in [0, 0.1) is 0 Å². The number of hydrogen-bond donors (Lipinski definition) is 1. The average molecular weight is 283 g/mol. The van der Waals surface area contributed by atoms with Gasteiger partial charge in [0.25, 0.3) is 0 Å². The van der Waals surface area contributed by atoms with E-state index >= 15 is 0 Å². The van der Waals surface area contributed by atoms with Crippen molar-refractivity contribution in [3.63, 3.8) is 0 Å². The second-order valence-electron chi connectivity index (χ2n) is 3.79. The van der Waals surface area contributed by atoms with E-state index in [1.807, 2.05) is 6.07 Å². The van der Waals surface area contributed by atoms with Crippen LogP contribution in [-0.4, -0.2) is 18.4 Å². The lowest BCUT2D eigenvalue weighted by Gasteiger charge is -2.10. The number of hydrogen-bond acceptors (Lipinski definition) is 3. The predicted octanol–water partition coefficient (Wildman–Crippen LogP) is 1.61. The third-order valence-electron chi connectivity index (χ3n) is 2.64. The van der Waals surface area contributed by atoms with Crippen LogP contribution in [-0.2, 0) is 20.8 Å². The molecular weight excluding hydrogens is 270 g/mol. The molecule has 0 amide bonds. The number of benzene rings is 2. The van der Waals surface area contributed by atoms with Gasteiger partial charge < -0.3 is 0 Å². The molecule has 1 unspecified atom stereocenters. The van der Waals surface area contributed by atoms with E-state index in [9.17, 15) is 12.6 Å². The molecular formula is C12H13NO3S2. The molecule has 0 spiro atoms. The van der Waals surface area contributed by atoms with Crippen LogP contribution in [0.25, 0.3) is 10.8 Å². The van der Waals surface area contributed by atoms with E-state index in [0.717, 1.165) is 5.39 Å². The summed E-state index contributed by atoms with van der Waals surface area (Å²) in [6.45, 7) is 1.73. The number of fused-ring (bicyclic) bond motifs is 1. The van der Waals surface area contributed by atoms with Crippen LogP contribution in [0.1, 0.15) is 6.92 Å². The maximum Gasteiger partial charge on any atom is 0.239 e. The quantitative estimate of drug-likeness (QED) is 0.929.